The van der Waals surface area contributed by atoms with Crippen molar-refractivity contribution >= 4 is 54.0 Å². The number of aromatic nitrogens is 1. The Kier molecular flexibility index (Phi) is 4.71. The first-order valence-corrected chi connectivity index (χ1v) is 13.2. The largest absolute Gasteiger partial charge is 0.276 e. The molecular weight excluding hydrogens is 474 g/mol. The molecule has 182 valence electrons. The highest BCUT2D eigenvalue weighted by Gasteiger charge is 2.13. The van der Waals surface area contributed by atoms with Crippen molar-refractivity contribution in [3.8, 4) is 16.8 Å². The van der Waals surface area contributed by atoms with Gasteiger partial charge in [0, 0.05) is 16.5 Å². The minimum absolute atomic E-state index is 0.00238. The number of nitrogens with zero attached hydrogens (tertiary/aromatic N) is 1. The molecule has 0 bridgehead atoms. The average molecular weight is 498 g/mol. The minimum atomic E-state index is -0.00238. The fourth-order valence-corrected chi connectivity index (χ4v) is 6.20. The van der Waals surface area contributed by atoms with Crippen molar-refractivity contribution in [3.63, 3.8) is 0 Å². The van der Waals surface area contributed by atoms with Crippen molar-refractivity contribution in [2.24, 2.45) is 0 Å². The molecule has 1 aromatic heterocycles. The average Bonchev–Trinajstić information content (AvgIpc) is 3.01. The maximum absolute atomic E-state index is 13.8. The third kappa shape index (κ3) is 3.25. The number of hydrogen-bond acceptors (Lipinski definition) is 1. The maximum Gasteiger partial charge on any atom is 0.263 e. The van der Waals surface area contributed by atoms with E-state index in [1.807, 2.05) is 59.2 Å². The molecule has 0 aliphatic rings. The van der Waals surface area contributed by atoms with E-state index < -0.39 is 0 Å². The van der Waals surface area contributed by atoms with Gasteiger partial charge in [-0.25, -0.2) is 0 Å². The predicted molar refractivity (Wildman–Crippen MR) is 165 cm³/mol. The Morgan fingerprint density at radius 2 is 0.846 bits per heavy atom. The topological polar surface area (TPSA) is 22.0 Å². The van der Waals surface area contributed by atoms with Crippen LogP contribution in [-0.4, -0.2) is 4.57 Å². The van der Waals surface area contributed by atoms with E-state index in [-0.39, 0.29) is 5.56 Å². The van der Waals surface area contributed by atoms with Gasteiger partial charge < -0.3 is 0 Å². The van der Waals surface area contributed by atoms with E-state index in [0.29, 0.717) is 0 Å². The normalized spacial score (nSPS) is 11.7. The highest BCUT2D eigenvalue weighted by atomic mass is 16.1. The van der Waals surface area contributed by atoms with Crippen LogP contribution in [0.3, 0.4) is 0 Å². The number of rotatable bonds is 2. The summed E-state index contributed by atoms with van der Waals surface area (Å²) in [6.07, 6.45) is 0. The zero-order valence-corrected chi connectivity index (χ0v) is 21.1. The van der Waals surface area contributed by atoms with Crippen LogP contribution >= 0.6 is 0 Å². The first kappa shape index (κ1) is 21.8. The minimum Gasteiger partial charge on any atom is -0.276 e. The van der Waals surface area contributed by atoms with Gasteiger partial charge in [0.15, 0.2) is 0 Å². The fraction of sp³-hybridized carbons (Fsp3) is 0. The molecule has 2 heteroatoms. The molecule has 0 saturated heterocycles. The van der Waals surface area contributed by atoms with Gasteiger partial charge in [0.25, 0.3) is 5.56 Å². The predicted octanol–water partition coefficient (Wildman–Crippen LogP) is 9.27. The fourth-order valence-electron chi connectivity index (χ4n) is 6.20. The van der Waals surface area contributed by atoms with Gasteiger partial charge in [-0.05, 0) is 79.2 Å². The molecule has 8 rings (SSSR count). The number of hydrogen-bond donors (Lipinski definition) is 0. The molecule has 0 saturated carbocycles. The van der Waals surface area contributed by atoms with E-state index in [9.17, 15) is 4.79 Å². The van der Waals surface area contributed by atoms with Gasteiger partial charge in [-0.15, -0.1) is 0 Å². The van der Waals surface area contributed by atoms with Crippen LogP contribution in [0.2, 0.25) is 0 Å². The molecule has 39 heavy (non-hydrogen) atoms. The van der Waals surface area contributed by atoms with Crippen LogP contribution in [0.1, 0.15) is 0 Å². The van der Waals surface area contributed by atoms with Crippen LogP contribution < -0.4 is 5.56 Å². The Hall–Kier alpha value is -5.21. The third-order valence-electron chi connectivity index (χ3n) is 7.98. The van der Waals surface area contributed by atoms with Crippen LogP contribution in [0.15, 0.2) is 144 Å². The SMILES string of the molecule is O=c1c2ccccc2c2ccccc2n1-c1cccc(-c2ccc3c4ccccc4c4ccccc4c3c2)c1. The van der Waals surface area contributed by atoms with Crippen molar-refractivity contribution in [2.75, 3.05) is 0 Å². The van der Waals surface area contributed by atoms with Crippen LogP contribution in [-0.2, 0) is 0 Å². The Labute approximate surface area is 225 Å². The van der Waals surface area contributed by atoms with Crippen LogP contribution in [0.25, 0.3) is 70.8 Å². The second kappa shape index (κ2) is 8.41. The summed E-state index contributed by atoms with van der Waals surface area (Å²) >= 11 is 0. The zero-order valence-electron chi connectivity index (χ0n) is 21.1. The van der Waals surface area contributed by atoms with Crippen LogP contribution in [0.4, 0.5) is 0 Å². The van der Waals surface area contributed by atoms with Gasteiger partial charge in [-0.1, -0.05) is 109 Å². The molecule has 0 radical (unpaired) electrons. The monoisotopic (exact) mass is 497 g/mol. The van der Waals surface area contributed by atoms with Crippen molar-refractivity contribution in [1.29, 1.82) is 0 Å². The summed E-state index contributed by atoms with van der Waals surface area (Å²) < 4.78 is 1.85. The molecule has 0 N–H and O–H groups in total. The van der Waals surface area contributed by atoms with Crippen molar-refractivity contribution in [1.82, 2.24) is 4.57 Å². The Balaban J connectivity index is 1.38. The van der Waals surface area contributed by atoms with E-state index in [0.717, 1.165) is 38.5 Å². The highest BCUT2D eigenvalue weighted by molar-refractivity contribution is 6.25. The standard InChI is InChI=1S/C37H23NO/c39-37-34-18-6-5-16-31(34)33-17-7-8-19-36(33)38(37)26-11-9-10-24(22-26)25-20-21-32-29-14-2-1-12-27(29)28-13-3-4-15-30(28)35(32)23-25/h1-23H. The van der Waals surface area contributed by atoms with Gasteiger partial charge in [-0.3, -0.25) is 9.36 Å². The summed E-state index contributed by atoms with van der Waals surface area (Å²) in [7, 11) is 0. The summed E-state index contributed by atoms with van der Waals surface area (Å²) in [6.45, 7) is 0. The Bertz CT molecular complexity index is 2270. The summed E-state index contributed by atoms with van der Waals surface area (Å²) in [5.74, 6) is 0. The summed E-state index contributed by atoms with van der Waals surface area (Å²) in [6, 6.07) is 48.4. The van der Waals surface area contributed by atoms with Gasteiger partial charge >= 0.3 is 0 Å². The van der Waals surface area contributed by atoms with E-state index >= 15 is 0 Å². The van der Waals surface area contributed by atoms with E-state index in [4.69, 9.17) is 0 Å². The second-order valence-electron chi connectivity index (χ2n) is 10.1. The molecule has 7 aromatic carbocycles. The lowest BCUT2D eigenvalue weighted by molar-refractivity contribution is 1.06. The second-order valence-corrected chi connectivity index (χ2v) is 10.1. The number of para-hydroxylation sites is 1. The van der Waals surface area contributed by atoms with Gasteiger partial charge in [0.2, 0.25) is 0 Å². The number of fused-ring (bicyclic) bond motifs is 9. The lowest BCUT2D eigenvalue weighted by Gasteiger charge is -2.15. The Morgan fingerprint density at radius 3 is 1.51 bits per heavy atom. The van der Waals surface area contributed by atoms with E-state index in [1.165, 1.54) is 32.3 Å². The summed E-state index contributed by atoms with van der Waals surface area (Å²) in [5.41, 5.74) is 3.98. The van der Waals surface area contributed by atoms with Crippen LogP contribution in [0, 0.1) is 0 Å². The molecule has 0 aliphatic heterocycles. The van der Waals surface area contributed by atoms with Gasteiger partial charge in [0.05, 0.1) is 5.52 Å². The molecule has 0 atom stereocenters. The molecule has 2 nitrogen and oxygen atoms in total. The molecule has 0 fully saturated rings. The van der Waals surface area contributed by atoms with E-state index in [2.05, 4.69) is 84.9 Å². The smallest absolute Gasteiger partial charge is 0.263 e. The quantitative estimate of drug-likeness (QED) is 0.218. The van der Waals surface area contributed by atoms with Gasteiger partial charge in [0.1, 0.15) is 0 Å². The summed E-state index contributed by atoms with van der Waals surface area (Å²) in [4.78, 5) is 13.8. The number of pyridine rings is 1. The maximum atomic E-state index is 13.8. The molecule has 0 amide bonds. The van der Waals surface area contributed by atoms with Crippen molar-refractivity contribution < 1.29 is 0 Å². The first-order chi connectivity index (χ1) is 19.3. The summed E-state index contributed by atoms with van der Waals surface area (Å²) in [5, 5.41) is 10.3. The molecule has 0 aliphatic carbocycles. The molecular formula is C37H23NO. The molecule has 1 heterocycles. The van der Waals surface area contributed by atoms with Crippen LogP contribution in [0.5, 0.6) is 0 Å². The lowest BCUT2D eigenvalue weighted by atomic mass is 9.92. The molecule has 0 unspecified atom stereocenters. The number of benzene rings is 7. The van der Waals surface area contributed by atoms with Crippen molar-refractivity contribution in [3.05, 3.63) is 150 Å². The zero-order chi connectivity index (χ0) is 25.9. The lowest BCUT2D eigenvalue weighted by Crippen LogP contribution is -2.19. The third-order valence-corrected chi connectivity index (χ3v) is 7.98. The van der Waals surface area contributed by atoms with Crippen molar-refractivity contribution in [2.45, 2.75) is 0 Å². The van der Waals surface area contributed by atoms with E-state index in [1.54, 1.807) is 0 Å². The molecule has 8 aromatic rings. The first-order valence-electron chi connectivity index (χ1n) is 13.2. The van der Waals surface area contributed by atoms with Gasteiger partial charge in [-0.2, -0.15) is 0 Å². The Morgan fingerprint density at radius 1 is 0.359 bits per heavy atom. The highest BCUT2D eigenvalue weighted by Crippen LogP contribution is 2.37. The molecule has 0 spiro atoms.